The lowest BCUT2D eigenvalue weighted by Crippen LogP contribution is -2.45. The zero-order valence-corrected chi connectivity index (χ0v) is 21.2. The van der Waals surface area contributed by atoms with Crippen LogP contribution in [-0.2, 0) is 21.4 Å². The van der Waals surface area contributed by atoms with E-state index in [2.05, 4.69) is 50.2 Å². The van der Waals surface area contributed by atoms with E-state index in [-0.39, 0.29) is 27.9 Å². The second-order valence-corrected chi connectivity index (χ2v) is 11.9. The van der Waals surface area contributed by atoms with Crippen molar-refractivity contribution in [2.75, 3.05) is 19.6 Å². The van der Waals surface area contributed by atoms with Crippen molar-refractivity contribution in [3.8, 4) is 0 Å². The molecule has 4 nitrogen and oxygen atoms in total. The van der Waals surface area contributed by atoms with Gasteiger partial charge < -0.3 is 9.80 Å². The third-order valence-corrected chi connectivity index (χ3v) is 9.54. The van der Waals surface area contributed by atoms with E-state index in [0.29, 0.717) is 12.3 Å². The standard InChI is InChI=1S/C29H36N2O2S/c1-21(2)13-17-31-27(33)25(34-28(31)23-9-4-3-5-10-23)20-26(32)30-18-15-29(16-19-30)14-12-22-8-6-7-11-24(22)29/h3-11,21,25,28H,12-20H2,1-2H3. The van der Waals surface area contributed by atoms with E-state index < -0.39 is 0 Å². The Labute approximate surface area is 208 Å². The van der Waals surface area contributed by atoms with Crippen molar-refractivity contribution in [2.24, 2.45) is 5.92 Å². The Bertz CT molecular complexity index is 1030. The molecule has 2 atom stereocenters. The van der Waals surface area contributed by atoms with Gasteiger partial charge in [0.25, 0.3) is 0 Å². The molecule has 0 N–H and O–H groups in total. The summed E-state index contributed by atoms with van der Waals surface area (Å²) in [6.07, 6.45) is 5.73. The van der Waals surface area contributed by atoms with Gasteiger partial charge in [0.15, 0.2) is 0 Å². The molecule has 0 saturated carbocycles. The van der Waals surface area contributed by atoms with Gasteiger partial charge in [-0.25, -0.2) is 0 Å². The number of benzene rings is 2. The number of amides is 2. The zero-order valence-electron chi connectivity index (χ0n) is 20.4. The molecule has 1 spiro atoms. The highest BCUT2D eigenvalue weighted by Crippen LogP contribution is 2.47. The topological polar surface area (TPSA) is 40.6 Å². The number of carbonyl (C=O) groups is 2. The van der Waals surface area contributed by atoms with Crippen molar-refractivity contribution >= 4 is 23.6 Å². The van der Waals surface area contributed by atoms with Gasteiger partial charge in [-0.3, -0.25) is 9.59 Å². The molecule has 5 heteroatoms. The summed E-state index contributed by atoms with van der Waals surface area (Å²) < 4.78 is 0. The maximum Gasteiger partial charge on any atom is 0.237 e. The van der Waals surface area contributed by atoms with Gasteiger partial charge in [-0.2, -0.15) is 0 Å². The third-order valence-electron chi connectivity index (χ3n) is 8.06. The van der Waals surface area contributed by atoms with Gasteiger partial charge in [-0.1, -0.05) is 68.4 Å². The Kier molecular flexibility index (Phi) is 6.74. The molecule has 2 aromatic rings. The number of carbonyl (C=O) groups excluding carboxylic acids is 2. The van der Waals surface area contributed by atoms with E-state index in [0.717, 1.165) is 50.9 Å². The van der Waals surface area contributed by atoms with Crippen LogP contribution in [0.1, 0.15) is 68.0 Å². The van der Waals surface area contributed by atoms with Gasteiger partial charge in [0, 0.05) is 26.1 Å². The fourth-order valence-electron chi connectivity index (χ4n) is 5.98. The number of aryl methyl sites for hydroxylation is 1. The molecule has 34 heavy (non-hydrogen) atoms. The van der Waals surface area contributed by atoms with Gasteiger partial charge in [-0.15, -0.1) is 11.8 Å². The van der Waals surface area contributed by atoms with E-state index in [1.54, 1.807) is 11.8 Å². The van der Waals surface area contributed by atoms with Gasteiger partial charge in [-0.05, 0) is 60.1 Å². The highest BCUT2D eigenvalue weighted by atomic mass is 32.2. The van der Waals surface area contributed by atoms with Gasteiger partial charge in [0.1, 0.15) is 5.37 Å². The SMILES string of the molecule is CC(C)CCN1C(=O)C(CC(=O)N2CCC3(CCc4ccccc43)CC2)SC1c1ccccc1. The zero-order chi connectivity index (χ0) is 23.7. The van der Waals surface area contributed by atoms with Crippen LogP contribution in [0.2, 0.25) is 0 Å². The number of hydrogen-bond donors (Lipinski definition) is 0. The molecule has 1 aliphatic carbocycles. The first-order valence-corrected chi connectivity index (χ1v) is 13.8. The van der Waals surface area contributed by atoms with Crippen molar-refractivity contribution in [3.63, 3.8) is 0 Å². The van der Waals surface area contributed by atoms with Crippen molar-refractivity contribution in [3.05, 3.63) is 71.3 Å². The molecule has 2 heterocycles. The Balaban J connectivity index is 1.23. The molecule has 0 radical (unpaired) electrons. The van der Waals surface area contributed by atoms with E-state index in [4.69, 9.17) is 0 Å². The van der Waals surface area contributed by atoms with Crippen molar-refractivity contribution in [2.45, 2.75) is 68.4 Å². The van der Waals surface area contributed by atoms with E-state index in [1.807, 2.05) is 28.0 Å². The number of fused-ring (bicyclic) bond motifs is 2. The maximum absolute atomic E-state index is 13.4. The predicted molar refractivity (Wildman–Crippen MR) is 139 cm³/mol. The maximum atomic E-state index is 13.4. The normalized spacial score (nSPS) is 23.7. The van der Waals surface area contributed by atoms with E-state index >= 15 is 0 Å². The first kappa shape index (κ1) is 23.5. The average molecular weight is 477 g/mol. The first-order valence-electron chi connectivity index (χ1n) is 12.8. The van der Waals surface area contributed by atoms with Gasteiger partial charge in [0.05, 0.1) is 5.25 Å². The summed E-state index contributed by atoms with van der Waals surface area (Å²) in [5.74, 6) is 0.812. The van der Waals surface area contributed by atoms with Crippen LogP contribution in [0.25, 0.3) is 0 Å². The average Bonchev–Trinajstić information content (AvgIpc) is 3.36. The van der Waals surface area contributed by atoms with Crippen LogP contribution in [-0.4, -0.2) is 46.5 Å². The summed E-state index contributed by atoms with van der Waals surface area (Å²) in [4.78, 5) is 30.7. The molecule has 2 unspecified atom stereocenters. The smallest absolute Gasteiger partial charge is 0.237 e. The first-order chi connectivity index (χ1) is 16.5. The summed E-state index contributed by atoms with van der Waals surface area (Å²) in [5, 5.41) is -0.280. The molecule has 180 valence electrons. The molecular weight excluding hydrogens is 440 g/mol. The summed E-state index contributed by atoms with van der Waals surface area (Å²) in [6.45, 7) is 6.74. The van der Waals surface area contributed by atoms with Crippen molar-refractivity contribution in [1.29, 1.82) is 0 Å². The number of piperidine rings is 1. The largest absolute Gasteiger partial charge is 0.343 e. The molecule has 2 saturated heterocycles. The monoisotopic (exact) mass is 476 g/mol. The molecule has 2 amide bonds. The van der Waals surface area contributed by atoms with Crippen LogP contribution in [0.4, 0.5) is 0 Å². The molecule has 0 aromatic heterocycles. The molecule has 3 aliphatic rings. The Morgan fingerprint density at radius 2 is 1.74 bits per heavy atom. The predicted octanol–water partition coefficient (Wildman–Crippen LogP) is 5.57. The lowest BCUT2D eigenvalue weighted by atomic mass is 9.74. The van der Waals surface area contributed by atoms with Crippen LogP contribution >= 0.6 is 11.8 Å². The van der Waals surface area contributed by atoms with E-state index in [1.165, 1.54) is 17.5 Å². The highest BCUT2D eigenvalue weighted by Gasteiger charge is 2.44. The molecule has 2 aliphatic heterocycles. The third kappa shape index (κ3) is 4.51. The van der Waals surface area contributed by atoms with Crippen molar-refractivity contribution in [1.82, 2.24) is 9.80 Å². The Morgan fingerprint density at radius 1 is 1.03 bits per heavy atom. The second kappa shape index (κ2) is 9.77. The molecular formula is C29H36N2O2S. The van der Waals surface area contributed by atoms with Gasteiger partial charge >= 0.3 is 0 Å². The number of rotatable bonds is 6. The van der Waals surface area contributed by atoms with Crippen molar-refractivity contribution < 1.29 is 9.59 Å². The van der Waals surface area contributed by atoms with E-state index in [9.17, 15) is 9.59 Å². The van der Waals surface area contributed by atoms with Crippen LogP contribution in [0.15, 0.2) is 54.6 Å². The van der Waals surface area contributed by atoms with Crippen LogP contribution in [0.5, 0.6) is 0 Å². The molecule has 2 fully saturated rings. The minimum absolute atomic E-state index is 0.00451. The summed E-state index contributed by atoms with van der Waals surface area (Å²) >= 11 is 1.66. The minimum Gasteiger partial charge on any atom is -0.343 e. The Morgan fingerprint density at radius 3 is 2.47 bits per heavy atom. The van der Waals surface area contributed by atoms with Gasteiger partial charge in [0.2, 0.25) is 11.8 Å². The van der Waals surface area contributed by atoms with Crippen LogP contribution in [0.3, 0.4) is 0 Å². The fraction of sp³-hybridized carbons (Fsp3) is 0.517. The summed E-state index contributed by atoms with van der Waals surface area (Å²) in [7, 11) is 0. The molecule has 5 rings (SSSR count). The summed E-state index contributed by atoms with van der Waals surface area (Å²) in [5.41, 5.74) is 4.40. The van der Waals surface area contributed by atoms with Crippen LogP contribution in [0, 0.1) is 5.92 Å². The number of hydrogen-bond acceptors (Lipinski definition) is 3. The number of nitrogens with zero attached hydrogens (tertiary/aromatic N) is 2. The summed E-state index contributed by atoms with van der Waals surface area (Å²) in [6, 6.07) is 19.1. The lowest BCUT2D eigenvalue weighted by molar-refractivity contribution is -0.137. The number of thioether (sulfide) groups is 1. The molecule has 2 aromatic carbocycles. The quantitative estimate of drug-likeness (QED) is 0.547. The second-order valence-electron chi connectivity index (χ2n) is 10.6. The highest BCUT2D eigenvalue weighted by molar-refractivity contribution is 8.01. The minimum atomic E-state index is -0.284. The lowest BCUT2D eigenvalue weighted by Gasteiger charge is -2.40. The number of likely N-dealkylation sites (tertiary alicyclic amines) is 1. The fourth-order valence-corrected chi connectivity index (χ4v) is 7.45. The molecule has 0 bridgehead atoms. The van der Waals surface area contributed by atoms with Crippen LogP contribution < -0.4 is 0 Å². The Hall–Kier alpha value is -2.27.